The topological polar surface area (TPSA) is 75.6 Å². The van der Waals surface area contributed by atoms with Gasteiger partial charge in [-0.3, -0.25) is 0 Å². The Balaban J connectivity index is 2.65. The zero-order chi connectivity index (χ0) is 19.3. The Kier molecular flexibility index (Phi) is 6.41. The number of aliphatic hydroxyl groups is 1. The molecule has 26 heavy (non-hydrogen) atoms. The fraction of sp³-hybridized carbons (Fsp3) is 0.368. The van der Waals surface area contributed by atoms with Crippen molar-refractivity contribution in [1.29, 1.82) is 0 Å². The molecule has 2 rings (SSSR count). The van der Waals surface area contributed by atoms with Crippen molar-refractivity contribution in [2.45, 2.75) is 6.10 Å². The summed E-state index contributed by atoms with van der Waals surface area (Å²) in [6, 6.07) is 6.82. The summed E-state index contributed by atoms with van der Waals surface area (Å²) in [5, 5.41) is 11.0. The fourth-order valence-electron chi connectivity index (χ4n) is 2.85. The molecule has 0 spiro atoms. The van der Waals surface area contributed by atoms with Crippen molar-refractivity contribution in [3.8, 4) is 34.5 Å². The lowest BCUT2D eigenvalue weighted by Crippen LogP contribution is -2.07. The number of ether oxygens (including phenoxy) is 6. The molecule has 0 unspecified atom stereocenters. The van der Waals surface area contributed by atoms with Gasteiger partial charge in [0.2, 0.25) is 11.5 Å². The zero-order valence-electron chi connectivity index (χ0n) is 15.8. The van der Waals surface area contributed by atoms with E-state index in [0.717, 1.165) is 0 Å². The Morgan fingerprint density at radius 1 is 0.538 bits per heavy atom. The molecule has 7 nitrogen and oxygen atoms in total. The SMILES string of the molecule is COc1ccc(C(O)c2ccc(OC)c(OC)c2OC)c(OC)c1OC. The molecule has 2 aromatic rings. The normalized spacial score (nSPS) is 10.5. The smallest absolute Gasteiger partial charge is 0.203 e. The van der Waals surface area contributed by atoms with Crippen molar-refractivity contribution in [1.82, 2.24) is 0 Å². The summed E-state index contributed by atoms with van der Waals surface area (Å²) >= 11 is 0. The van der Waals surface area contributed by atoms with E-state index in [0.29, 0.717) is 45.6 Å². The standard InChI is InChI=1S/C19H24O7/c1-21-13-9-7-11(16(23-3)18(13)25-5)15(20)12-8-10-14(22-2)19(26-6)17(12)24-4/h7-10,15,20H,1-6H3. The summed E-state index contributed by atoms with van der Waals surface area (Å²) in [7, 11) is 9.08. The van der Waals surface area contributed by atoms with Gasteiger partial charge in [0.25, 0.3) is 0 Å². The highest BCUT2D eigenvalue weighted by atomic mass is 16.5. The van der Waals surface area contributed by atoms with Crippen LogP contribution in [0.4, 0.5) is 0 Å². The van der Waals surface area contributed by atoms with Gasteiger partial charge in [-0.15, -0.1) is 0 Å². The number of aliphatic hydroxyl groups excluding tert-OH is 1. The second-order valence-electron chi connectivity index (χ2n) is 5.25. The fourth-order valence-corrected chi connectivity index (χ4v) is 2.85. The molecule has 1 N–H and O–H groups in total. The Labute approximate surface area is 153 Å². The third-order valence-corrected chi connectivity index (χ3v) is 4.06. The van der Waals surface area contributed by atoms with Gasteiger partial charge in [0.05, 0.1) is 42.7 Å². The van der Waals surface area contributed by atoms with Crippen LogP contribution in [-0.4, -0.2) is 47.8 Å². The van der Waals surface area contributed by atoms with Gasteiger partial charge in [0.15, 0.2) is 23.0 Å². The van der Waals surface area contributed by atoms with Crippen molar-refractivity contribution in [2.24, 2.45) is 0 Å². The van der Waals surface area contributed by atoms with E-state index < -0.39 is 6.10 Å². The molecular weight excluding hydrogens is 340 g/mol. The number of hydrogen-bond acceptors (Lipinski definition) is 7. The maximum atomic E-state index is 11.0. The van der Waals surface area contributed by atoms with Crippen LogP contribution in [-0.2, 0) is 0 Å². The lowest BCUT2D eigenvalue weighted by Gasteiger charge is -2.22. The second kappa shape index (κ2) is 8.53. The highest BCUT2D eigenvalue weighted by molar-refractivity contribution is 5.61. The van der Waals surface area contributed by atoms with Crippen molar-refractivity contribution in [3.05, 3.63) is 35.4 Å². The summed E-state index contributed by atoms with van der Waals surface area (Å²) in [5.41, 5.74) is 0.992. The molecular formula is C19H24O7. The van der Waals surface area contributed by atoms with E-state index in [1.54, 1.807) is 24.3 Å². The summed E-state index contributed by atoms with van der Waals surface area (Å²) in [6.07, 6.45) is -1.06. The Hall–Kier alpha value is -2.80. The summed E-state index contributed by atoms with van der Waals surface area (Å²) in [6.45, 7) is 0. The van der Waals surface area contributed by atoms with E-state index in [2.05, 4.69) is 0 Å². The van der Waals surface area contributed by atoms with Crippen LogP contribution in [0.15, 0.2) is 24.3 Å². The number of rotatable bonds is 8. The van der Waals surface area contributed by atoms with E-state index in [9.17, 15) is 5.11 Å². The number of methoxy groups -OCH3 is 6. The molecule has 2 aromatic carbocycles. The van der Waals surface area contributed by atoms with E-state index in [1.807, 2.05) is 0 Å². The minimum atomic E-state index is -1.06. The summed E-state index contributed by atoms with van der Waals surface area (Å²) in [5.74, 6) is 2.53. The predicted molar refractivity (Wildman–Crippen MR) is 96.3 cm³/mol. The Bertz CT molecular complexity index is 695. The monoisotopic (exact) mass is 364 g/mol. The van der Waals surface area contributed by atoms with Gasteiger partial charge in [0, 0.05) is 11.1 Å². The third kappa shape index (κ3) is 3.30. The quantitative estimate of drug-likeness (QED) is 0.772. The minimum absolute atomic E-state index is 0.371. The Morgan fingerprint density at radius 3 is 1.15 bits per heavy atom. The van der Waals surface area contributed by atoms with Gasteiger partial charge in [0.1, 0.15) is 6.10 Å². The maximum Gasteiger partial charge on any atom is 0.203 e. The first-order valence-electron chi connectivity index (χ1n) is 7.83. The van der Waals surface area contributed by atoms with Gasteiger partial charge < -0.3 is 33.5 Å². The molecule has 0 heterocycles. The van der Waals surface area contributed by atoms with Crippen LogP contribution < -0.4 is 28.4 Å². The molecule has 0 aliphatic carbocycles. The molecule has 7 heteroatoms. The van der Waals surface area contributed by atoms with Gasteiger partial charge in [-0.25, -0.2) is 0 Å². The van der Waals surface area contributed by atoms with E-state index in [1.165, 1.54) is 42.7 Å². The van der Waals surface area contributed by atoms with Crippen LogP contribution in [0.1, 0.15) is 17.2 Å². The van der Waals surface area contributed by atoms with Crippen LogP contribution in [0.2, 0.25) is 0 Å². The van der Waals surface area contributed by atoms with E-state index >= 15 is 0 Å². The molecule has 0 fully saturated rings. The zero-order valence-corrected chi connectivity index (χ0v) is 15.8. The molecule has 0 amide bonds. The van der Waals surface area contributed by atoms with Crippen molar-refractivity contribution in [3.63, 3.8) is 0 Å². The molecule has 0 aromatic heterocycles. The molecule has 0 aliphatic rings. The number of hydrogen-bond donors (Lipinski definition) is 1. The molecule has 0 aliphatic heterocycles. The Morgan fingerprint density at radius 2 is 0.885 bits per heavy atom. The molecule has 0 atom stereocenters. The average molecular weight is 364 g/mol. The molecule has 0 saturated carbocycles. The van der Waals surface area contributed by atoms with Crippen molar-refractivity contribution < 1.29 is 33.5 Å². The first-order valence-corrected chi connectivity index (χ1v) is 7.83. The second-order valence-corrected chi connectivity index (χ2v) is 5.25. The lowest BCUT2D eigenvalue weighted by molar-refractivity contribution is 0.205. The first kappa shape index (κ1) is 19.5. The molecule has 142 valence electrons. The average Bonchev–Trinajstić information content (AvgIpc) is 2.70. The van der Waals surface area contributed by atoms with Gasteiger partial charge >= 0.3 is 0 Å². The van der Waals surface area contributed by atoms with Crippen LogP contribution >= 0.6 is 0 Å². The maximum absolute atomic E-state index is 11.0. The molecule has 0 bridgehead atoms. The molecule has 0 saturated heterocycles. The summed E-state index contributed by atoms with van der Waals surface area (Å²) < 4.78 is 32.3. The van der Waals surface area contributed by atoms with Crippen LogP contribution in [0.5, 0.6) is 34.5 Å². The largest absolute Gasteiger partial charge is 0.493 e. The van der Waals surface area contributed by atoms with Gasteiger partial charge in [-0.2, -0.15) is 0 Å². The minimum Gasteiger partial charge on any atom is -0.493 e. The first-order chi connectivity index (χ1) is 12.6. The van der Waals surface area contributed by atoms with Gasteiger partial charge in [-0.05, 0) is 24.3 Å². The van der Waals surface area contributed by atoms with Crippen molar-refractivity contribution in [2.75, 3.05) is 42.7 Å². The van der Waals surface area contributed by atoms with Crippen LogP contribution in [0.25, 0.3) is 0 Å². The van der Waals surface area contributed by atoms with Crippen LogP contribution in [0, 0.1) is 0 Å². The number of benzene rings is 2. The third-order valence-electron chi connectivity index (χ3n) is 4.06. The van der Waals surface area contributed by atoms with Crippen LogP contribution in [0.3, 0.4) is 0 Å². The van der Waals surface area contributed by atoms with E-state index in [-0.39, 0.29) is 0 Å². The van der Waals surface area contributed by atoms with Gasteiger partial charge in [-0.1, -0.05) is 0 Å². The predicted octanol–water partition coefficient (Wildman–Crippen LogP) is 2.82. The molecule has 0 radical (unpaired) electrons. The highest BCUT2D eigenvalue weighted by Gasteiger charge is 2.27. The summed E-state index contributed by atoms with van der Waals surface area (Å²) in [4.78, 5) is 0. The van der Waals surface area contributed by atoms with Crippen molar-refractivity contribution >= 4 is 0 Å². The highest BCUT2D eigenvalue weighted by Crippen LogP contribution is 2.47. The lowest BCUT2D eigenvalue weighted by atomic mass is 9.98. The van der Waals surface area contributed by atoms with E-state index in [4.69, 9.17) is 28.4 Å².